The summed E-state index contributed by atoms with van der Waals surface area (Å²) >= 11 is 0. The van der Waals surface area contributed by atoms with Crippen LogP contribution in [0.5, 0.6) is 5.75 Å². The maximum atomic E-state index is 12.8. The number of carbonyl (C=O) groups excluding carboxylic acids is 1. The molecule has 2 N–H and O–H groups in total. The molecule has 6 nitrogen and oxygen atoms in total. The first-order chi connectivity index (χ1) is 14.3. The van der Waals surface area contributed by atoms with Crippen LogP contribution in [-0.4, -0.2) is 21.4 Å². The average Bonchev–Trinajstić information content (AvgIpc) is 2.74. The average molecular weight is 425 g/mol. The molecule has 0 atom stereocenters. The third-order valence-electron chi connectivity index (χ3n) is 4.66. The van der Waals surface area contributed by atoms with Crippen molar-refractivity contribution >= 4 is 27.3 Å². The van der Waals surface area contributed by atoms with Gasteiger partial charge in [0.25, 0.3) is 15.9 Å². The summed E-state index contributed by atoms with van der Waals surface area (Å²) in [6.07, 6.45) is 0.871. The minimum atomic E-state index is -3.84. The van der Waals surface area contributed by atoms with Crippen LogP contribution >= 0.6 is 0 Å². The van der Waals surface area contributed by atoms with E-state index in [-0.39, 0.29) is 16.5 Å². The van der Waals surface area contributed by atoms with Crippen molar-refractivity contribution in [3.8, 4) is 5.75 Å². The highest BCUT2D eigenvalue weighted by molar-refractivity contribution is 7.92. The summed E-state index contributed by atoms with van der Waals surface area (Å²) in [5.74, 6) is 0.00710. The lowest BCUT2D eigenvalue weighted by Crippen LogP contribution is -2.16. The van der Waals surface area contributed by atoms with Gasteiger partial charge in [-0.25, -0.2) is 8.42 Å². The number of anilines is 2. The molecular weight excluding hydrogens is 400 g/mol. The molecule has 0 radical (unpaired) electrons. The van der Waals surface area contributed by atoms with Crippen LogP contribution in [0.25, 0.3) is 0 Å². The molecule has 0 bridgehead atoms. The summed E-state index contributed by atoms with van der Waals surface area (Å²) in [5.41, 5.74) is 3.35. The van der Waals surface area contributed by atoms with Crippen LogP contribution in [0.1, 0.15) is 28.4 Å². The standard InChI is InChI=1S/C23H24N2O4S/c1-4-17-7-11-19(12-8-17)25-30(27,28)20-13-14-22(29-3)21(15-20)24-23(26)18-9-5-16(2)6-10-18/h5-15,25H,4H2,1-3H3,(H,24,26). The minimum Gasteiger partial charge on any atom is -0.495 e. The molecule has 3 rings (SSSR count). The highest BCUT2D eigenvalue weighted by Gasteiger charge is 2.18. The van der Waals surface area contributed by atoms with Gasteiger partial charge in [0.1, 0.15) is 5.75 Å². The molecule has 0 spiro atoms. The van der Waals surface area contributed by atoms with E-state index in [2.05, 4.69) is 10.0 Å². The molecule has 0 aliphatic heterocycles. The smallest absolute Gasteiger partial charge is 0.261 e. The highest BCUT2D eigenvalue weighted by atomic mass is 32.2. The van der Waals surface area contributed by atoms with Crippen LogP contribution in [-0.2, 0) is 16.4 Å². The molecule has 0 aliphatic rings. The van der Waals surface area contributed by atoms with Crippen molar-refractivity contribution in [1.29, 1.82) is 0 Å². The van der Waals surface area contributed by atoms with Crippen molar-refractivity contribution in [2.45, 2.75) is 25.2 Å². The maximum Gasteiger partial charge on any atom is 0.261 e. The summed E-state index contributed by atoms with van der Waals surface area (Å²) in [5, 5.41) is 2.73. The Bertz CT molecular complexity index is 1140. The molecule has 156 valence electrons. The predicted molar refractivity (Wildman–Crippen MR) is 119 cm³/mol. The van der Waals surface area contributed by atoms with Gasteiger partial charge in [0.05, 0.1) is 17.7 Å². The van der Waals surface area contributed by atoms with Gasteiger partial charge in [-0.15, -0.1) is 0 Å². The van der Waals surface area contributed by atoms with Gasteiger partial charge in [0.2, 0.25) is 0 Å². The SMILES string of the molecule is CCc1ccc(NS(=O)(=O)c2ccc(OC)c(NC(=O)c3ccc(C)cc3)c2)cc1. The fourth-order valence-corrected chi connectivity index (χ4v) is 3.96. The molecule has 0 saturated carbocycles. The predicted octanol–water partition coefficient (Wildman–Crippen LogP) is 4.62. The van der Waals surface area contributed by atoms with Crippen molar-refractivity contribution < 1.29 is 17.9 Å². The number of aryl methyl sites for hydroxylation is 2. The normalized spacial score (nSPS) is 11.0. The monoisotopic (exact) mass is 424 g/mol. The zero-order valence-corrected chi connectivity index (χ0v) is 17.9. The molecule has 1 amide bonds. The minimum absolute atomic E-state index is 0.0158. The van der Waals surface area contributed by atoms with Gasteiger partial charge in [-0.3, -0.25) is 9.52 Å². The molecule has 0 aromatic heterocycles. The van der Waals surface area contributed by atoms with E-state index in [4.69, 9.17) is 4.74 Å². The summed E-state index contributed by atoms with van der Waals surface area (Å²) in [6.45, 7) is 3.96. The maximum absolute atomic E-state index is 12.8. The molecule has 0 saturated heterocycles. The molecule has 0 heterocycles. The Labute approximate surface area is 177 Å². The van der Waals surface area contributed by atoms with Crippen LogP contribution in [0.2, 0.25) is 0 Å². The number of carbonyl (C=O) groups is 1. The Balaban J connectivity index is 1.86. The summed E-state index contributed by atoms with van der Waals surface area (Å²) in [4.78, 5) is 12.6. The second kappa shape index (κ2) is 9.00. The Hall–Kier alpha value is -3.32. The van der Waals surface area contributed by atoms with Crippen LogP contribution in [0.4, 0.5) is 11.4 Å². The van der Waals surface area contributed by atoms with Crippen molar-refractivity contribution in [2.75, 3.05) is 17.1 Å². The van der Waals surface area contributed by atoms with E-state index >= 15 is 0 Å². The third-order valence-corrected chi connectivity index (χ3v) is 6.04. The number of ether oxygens (including phenoxy) is 1. The summed E-state index contributed by atoms with van der Waals surface area (Å²) in [7, 11) is -2.39. The number of hydrogen-bond donors (Lipinski definition) is 2. The van der Waals surface area contributed by atoms with Gasteiger partial charge in [-0.05, 0) is 61.4 Å². The second-order valence-electron chi connectivity index (χ2n) is 6.84. The molecule has 0 fully saturated rings. The van der Waals surface area contributed by atoms with Gasteiger partial charge >= 0.3 is 0 Å². The van der Waals surface area contributed by atoms with E-state index in [1.54, 1.807) is 24.3 Å². The van der Waals surface area contributed by atoms with E-state index in [9.17, 15) is 13.2 Å². The van der Waals surface area contributed by atoms with Crippen LogP contribution in [0.3, 0.4) is 0 Å². The number of rotatable bonds is 7. The lowest BCUT2D eigenvalue weighted by Gasteiger charge is -2.14. The number of hydrogen-bond acceptors (Lipinski definition) is 4. The first-order valence-electron chi connectivity index (χ1n) is 9.50. The third kappa shape index (κ3) is 4.99. The Morgan fingerprint density at radius 1 is 0.967 bits per heavy atom. The van der Waals surface area contributed by atoms with E-state index < -0.39 is 10.0 Å². The van der Waals surface area contributed by atoms with Crippen LogP contribution in [0, 0.1) is 6.92 Å². The van der Waals surface area contributed by atoms with Crippen molar-refractivity contribution in [2.24, 2.45) is 0 Å². The van der Waals surface area contributed by atoms with E-state index in [0.29, 0.717) is 17.0 Å². The first-order valence-corrected chi connectivity index (χ1v) is 11.0. The molecule has 0 aliphatic carbocycles. The van der Waals surface area contributed by atoms with E-state index in [0.717, 1.165) is 17.5 Å². The molecule has 7 heteroatoms. The number of benzene rings is 3. The number of sulfonamides is 1. The fourth-order valence-electron chi connectivity index (χ4n) is 2.87. The van der Waals surface area contributed by atoms with Gasteiger partial charge in [0, 0.05) is 11.3 Å². The second-order valence-corrected chi connectivity index (χ2v) is 8.52. The molecule has 3 aromatic rings. The first kappa shape index (κ1) is 21.4. The zero-order valence-electron chi connectivity index (χ0n) is 17.1. The zero-order chi connectivity index (χ0) is 21.7. The Kier molecular flexibility index (Phi) is 6.42. The topological polar surface area (TPSA) is 84.5 Å². The quantitative estimate of drug-likeness (QED) is 0.580. The van der Waals surface area contributed by atoms with Gasteiger partial charge in [0.15, 0.2) is 0 Å². The highest BCUT2D eigenvalue weighted by Crippen LogP contribution is 2.29. The van der Waals surface area contributed by atoms with Gasteiger partial charge in [-0.2, -0.15) is 0 Å². The van der Waals surface area contributed by atoms with Crippen molar-refractivity contribution in [3.63, 3.8) is 0 Å². The summed E-state index contributed by atoms with van der Waals surface area (Å²) < 4.78 is 33.5. The lowest BCUT2D eigenvalue weighted by atomic mass is 10.1. The number of amides is 1. The van der Waals surface area contributed by atoms with E-state index in [1.807, 2.05) is 38.1 Å². The van der Waals surface area contributed by atoms with Crippen molar-refractivity contribution in [3.05, 3.63) is 83.4 Å². The Morgan fingerprint density at radius 2 is 1.63 bits per heavy atom. The molecule has 3 aromatic carbocycles. The van der Waals surface area contributed by atoms with Crippen LogP contribution < -0.4 is 14.8 Å². The number of methoxy groups -OCH3 is 1. The fraction of sp³-hybridized carbons (Fsp3) is 0.174. The van der Waals surface area contributed by atoms with Gasteiger partial charge < -0.3 is 10.1 Å². The number of nitrogens with one attached hydrogen (secondary N) is 2. The Morgan fingerprint density at radius 3 is 2.23 bits per heavy atom. The largest absolute Gasteiger partial charge is 0.495 e. The molecule has 30 heavy (non-hydrogen) atoms. The van der Waals surface area contributed by atoms with Crippen molar-refractivity contribution in [1.82, 2.24) is 0 Å². The van der Waals surface area contributed by atoms with Crippen LogP contribution in [0.15, 0.2) is 71.6 Å². The summed E-state index contributed by atoms with van der Waals surface area (Å²) in [6, 6.07) is 18.6. The van der Waals surface area contributed by atoms with E-state index in [1.165, 1.54) is 25.3 Å². The lowest BCUT2D eigenvalue weighted by molar-refractivity contribution is 0.102. The molecule has 0 unspecified atom stereocenters. The molecular formula is C23H24N2O4S. The van der Waals surface area contributed by atoms with Gasteiger partial charge in [-0.1, -0.05) is 36.8 Å².